The normalized spacial score (nSPS) is 18.6. The van der Waals surface area contributed by atoms with Crippen LogP contribution in [0.2, 0.25) is 0 Å². The predicted octanol–water partition coefficient (Wildman–Crippen LogP) is 1.30. The largest absolute Gasteiger partial charge is 0.493 e. The van der Waals surface area contributed by atoms with E-state index in [4.69, 9.17) is 9.15 Å². The average Bonchev–Trinajstić information content (AvgIpc) is 3.12. The second-order valence-corrected chi connectivity index (χ2v) is 5.16. The van der Waals surface area contributed by atoms with Crippen molar-refractivity contribution in [3.8, 4) is 5.75 Å². The molecule has 2 aromatic rings. The van der Waals surface area contributed by atoms with Crippen molar-refractivity contribution < 1.29 is 18.7 Å². The quantitative estimate of drug-likeness (QED) is 0.794. The number of rotatable bonds is 4. The van der Waals surface area contributed by atoms with E-state index < -0.39 is 6.04 Å². The lowest BCUT2D eigenvalue weighted by Gasteiger charge is -2.14. The van der Waals surface area contributed by atoms with Gasteiger partial charge in [0.05, 0.1) is 13.2 Å². The number of benzene rings is 1. The first-order chi connectivity index (χ1) is 10.6. The second-order valence-electron chi connectivity index (χ2n) is 5.16. The van der Waals surface area contributed by atoms with Gasteiger partial charge in [0.15, 0.2) is 11.3 Å². The Morgan fingerprint density at radius 3 is 3.00 bits per heavy atom. The molecule has 1 aliphatic heterocycles. The number of urea groups is 1. The molecule has 3 N–H and O–H groups in total. The number of para-hydroxylation sites is 1. The third kappa shape index (κ3) is 2.57. The van der Waals surface area contributed by atoms with Crippen molar-refractivity contribution in [2.75, 3.05) is 13.7 Å². The summed E-state index contributed by atoms with van der Waals surface area (Å²) in [7, 11) is 1.58. The summed E-state index contributed by atoms with van der Waals surface area (Å²) >= 11 is 0. The molecule has 2 unspecified atom stereocenters. The number of furan rings is 1. The van der Waals surface area contributed by atoms with Crippen molar-refractivity contribution in [1.82, 2.24) is 16.0 Å². The first-order valence-electron chi connectivity index (χ1n) is 6.99. The van der Waals surface area contributed by atoms with E-state index in [0.29, 0.717) is 17.1 Å². The summed E-state index contributed by atoms with van der Waals surface area (Å²) in [5.74, 6) is 1.03. The molecule has 1 aliphatic rings. The molecule has 1 aromatic heterocycles. The van der Waals surface area contributed by atoms with E-state index in [-0.39, 0.29) is 24.5 Å². The number of amides is 3. The summed E-state index contributed by atoms with van der Waals surface area (Å²) in [5.41, 5.74) is 0.650. The molecule has 3 amide bonds. The third-order valence-electron chi connectivity index (χ3n) is 3.62. The van der Waals surface area contributed by atoms with Gasteiger partial charge in [-0.05, 0) is 19.1 Å². The Balaban J connectivity index is 1.76. The molecule has 3 rings (SSSR count). The zero-order chi connectivity index (χ0) is 15.7. The highest BCUT2D eigenvalue weighted by Crippen LogP contribution is 2.30. The Hall–Kier alpha value is -2.70. The summed E-state index contributed by atoms with van der Waals surface area (Å²) in [5, 5.41) is 8.83. The number of hydrogen-bond acceptors (Lipinski definition) is 4. The summed E-state index contributed by atoms with van der Waals surface area (Å²) in [6, 6.07) is 6.27. The van der Waals surface area contributed by atoms with Crippen molar-refractivity contribution in [3.05, 3.63) is 30.0 Å². The lowest BCUT2D eigenvalue weighted by atomic mass is 10.2. The third-order valence-corrected chi connectivity index (χ3v) is 3.62. The molecule has 1 aromatic carbocycles. The predicted molar refractivity (Wildman–Crippen MR) is 79.6 cm³/mol. The maximum absolute atomic E-state index is 12.1. The molecule has 1 saturated heterocycles. The lowest BCUT2D eigenvalue weighted by molar-refractivity contribution is -0.123. The van der Waals surface area contributed by atoms with Crippen molar-refractivity contribution in [1.29, 1.82) is 0 Å². The van der Waals surface area contributed by atoms with Gasteiger partial charge in [-0.2, -0.15) is 0 Å². The van der Waals surface area contributed by atoms with Crippen LogP contribution in [0.25, 0.3) is 11.0 Å². The van der Waals surface area contributed by atoms with Gasteiger partial charge in [-0.1, -0.05) is 12.1 Å². The lowest BCUT2D eigenvalue weighted by Crippen LogP contribution is -2.43. The van der Waals surface area contributed by atoms with Gasteiger partial charge >= 0.3 is 6.03 Å². The van der Waals surface area contributed by atoms with Crippen LogP contribution in [0.1, 0.15) is 18.7 Å². The van der Waals surface area contributed by atoms with Gasteiger partial charge in [0.2, 0.25) is 5.91 Å². The number of hydrogen-bond donors (Lipinski definition) is 3. The molecule has 0 spiro atoms. The Morgan fingerprint density at radius 1 is 1.50 bits per heavy atom. The van der Waals surface area contributed by atoms with Crippen LogP contribution in [0.5, 0.6) is 5.75 Å². The molecule has 0 bridgehead atoms. The van der Waals surface area contributed by atoms with Crippen molar-refractivity contribution in [2.24, 2.45) is 0 Å². The van der Waals surface area contributed by atoms with Gasteiger partial charge in [0, 0.05) is 11.9 Å². The summed E-state index contributed by atoms with van der Waals surface area (Å²) in [6.45, 7) is 2.11. The molecule has 7 heteroatoms. The molecule has 7 nitrogen and oxygen atoms in total. The number of ether oxygens (including phenoxy) is 1. The first kappa shape index (κ1) is 14.2. The van der Waals surface area contributed by atoms with Crippen LogP contribution < -0.4 is 20.7 Å². The fourth-order valence-corrected chi connectivity index (χ4v) is 2.43. The zero-order valence-electron chi connectivity index (χ0n) is 12.3. The molecule has 2 heterocycles. The molecule has 22 heavy (non-hydrogen) atoms. The molecular weight excluding hydrogens is 286 g/mol. The first-order valence-corrected chi connectivity index (χ1v) is 6.99. The van der Waals surface area contributed by atoms with E-state index >= 15 is 0 Å². The summed E-state index contributed by atoms with van der Waals surface area (Å²) in [6.07, 6.45) is 0. The molecule has 1 fully saturated rings. The molecular formula is C15H17N3O4. The van der Waals surface area contributed by atoms with Gasteiger partial charge < -0.3 is 25.1 Å². The molecule has 116 valence electrons. The zero-order valence-corrected chi connectivity index (χ0v) is 12.3. The molecule has 0 saturated carbocycles. The second kappa shape index (κ2) is 5.59. The van der Waals surface area contributed by atoms with Crippen molar-refractivity contribution in [2.45, 2.75) is 19.0 Å². The van der Waals surface area contributed by atoms with Crippen molar-refractivity contribution in [3.63, 3.8) is 0 Å². The van der Waals surface area contributed by atoms with Crippen LogP contribution in [-0.2, 0) is 4.79 Å². The van der Waals surface area contributed by atoms with E-state index in [0.717, 1.165) is 5.39 Å². The van der Waals surface area contributed by atoms with Crippen LogP contribution in [0.15, 0.2) is 28.7 Å². The van der Waals surface area contributed by atoms with E-state index in [1.54, 1.807) is 7.11 Å². The summed E-state index contributed by atoms with van der Waals surface area (Å²) < 4.78 is 11.1. The fourth-order valence-electron chi connectivity index (χ4n) is 2.43. The van der Waals surface area contributed by atoms with Crippen LogP contribution in [0, 0.1) is 0 Å². The van der Waals surface area contributed by atoms with Gasteiger partial charge in [0.1, 0.15) is 11.8 Å². The topological polar surface area (TPSA) is 92.6 Å². The van der Waals surface area contributed by atoms with Crippen molar-refractivity contribution >= 4 is 22.9 Å². The Labute approximate surface area is 127 Å². The minimum absolute atomic E-state index is 0.252. The number of carbonyl (C=O) groups is 2. The van der Waals surface area contributed by atoms with Gasteiger partial charge in [-0.25, -0.2) is 4.79 Å². The standard InChI is InChI=1S/C15H17N3O4/c1-8(17-14(19)10-7-16-15(20)18-10)12-6-9-4-3-5-11(21-2)13(9)22-12/h3-6,8,10H,7H2,1-2H3,(H,17,19)(H2,16,18,20). The number of methoxy groups -OCH3 is 1. The average molecular weight is 303 g/mol. The van der Waals surface area contributed by atoms with Gasteiger partial charge in [-0.3, -0.25) is 4.79 Å². The van der Waals surface area contributed by atoms with E-state index in [1.807, 2.05) is 31.2 Å². The van der Waals surface area contributed by atoms with Crippen LogP contribution in [0.4, 0.5) is 4.79 Å². The number of nitrogens with one attached hydrogen (secondary N) is 3. The Morgan fingerprint density at radius 2 is 2.32 bits per heavy atom. The van der Waals surface area contributed by atoms with Crippen LogP contribution in [-0.4, -0.2) is 31.6 Å². The smallest absolute Gasteiger partial charge is 0.315 e. The van der Waals surface area contributed by atoms with E-state index in [9.17, 15) is 9.59 Å². The van der Waals surface area contributed by atoms with Crippen LogP contribution >= 0.6 is 0 Å². The summed E-state index contributed by atoms with van der Waals surface area (Å²) in [4.78, 5) is 23.1. The molecule has 0 radical (unpaired) electrons. The maximum Gasteiger partial charge on any atom is 0.315 e. The maximum atomic E-state index is 12.1. The van der Waals surface area contributed by atoms with E-state index in [2.05, 4.69) is 16.0 Å². The highest BCUT2D eigenvalue weighted by Gasteiger charge is 2.28. The SMILES string of the molecule is COc1cccc2cc(C(C)NC(=O)C3CNC(=O)N3)oc12. The van der Waals surface area contributed by atoms with E-state index in [1.165, 1.54) is 0 Å². The molecule has 0 aliphatic carbocycles. The fraction of sp³-hybridized carbons (Fsp3) is 0.333. The highest BCUT2D eigenvalue weighted by atomic mass is 16.5. The number of carbonyl (C=O) groups excluding carboxylic acids is 2. The highest BCUT2D eigenvalue weighted by molar-refractivity contribution is 5.90. The Kier molecular flexibility index (Phi) is 3.62. The van der Waals surface area contributed by atoms with Gasteiger partial charge in [0.25, 0.3) is 0 Å². The van der Waals surface area contributed by atoms with Crippen LogP contribution in [0.3, 0.4) is 0 Å². The Bertz CT molecular complexity index is 725. The monoisotopic (exact) mass is 303 g/mol. The minimum atomic E-state index is -0.561. The number of fused-ring (bicyclic) bond motifs is 1. The van der Waals surface area contributed by atoms with Gasteiger partial charge in [-0.15, -0.1) is 0 Å². The molecule has 2 atom stereocenters. The minimum Gasteiger partial charge on any atom is -0.493 e.